The van der Waals surface area contributed by atoms with Crippen LogP contribution >= 0.6 is 0 Å². The zero-order valence-corrected chi connectivity index (χ0v) is 8.25. The second kappa shape index (κ2) is 4.19. The van der Waals surface area contributed by atoms with Crippen LogP contribution in [0.3, 0.4) is 0 Å². The lowest BCUT2D eigenvalue weighted by atomic mass is 10.0. The Morgan fingerprint density at radius 3 is 2.92 bits per heavy atom. The molecule has 2 nitrogen and oxygen atoms in total. The van der Waals surface area contributed by atoms with E-state index in [0.717, 1.165) is 23.3 Å². The van der Waals surface area contributed by atoms with Crippen LogP contribution in [0.2, 0.25) is 0 Å². The fraction of sp³-hybridized carbons (Fsp3) is 0.364. The maximum atomic E-state index is 5.98. The van der Waals surface area contributed by atoms with Crippen molar-refractivity contribution in [2.45, 2.75) is 26.3 Å². The van der Waals surface area contributed by atoms with E-state index in [1.807, 2.05) is 26.0 Å². The Bertz CT molecular complexity index is 305. The molecule has 2 heteroatoms. The van der Waals surface area contributed by atoms with Crippen molar-refractivity contribution in [3.8, 4) is 0 Å². The van der Waals surface area contributed by atoms with Crippen molar-refractivity contribution in [3.05, 3.63) is 41.7 Å². The first-order valence-electron chi connectivity index (χ1n) is 4.42. The molecular formula is C11H16N2. The predicted molar refractivity (Wildman–Crippen MR) is 55.3 cm³/mol. The first-order chi connectivity index (χ1) is 6.09. The van der Waals surface area contributed by atoms with Gasteiger partial charge in [0, 0.05) is 17.9 Å². The van der Waals surface area contributed by atoms with Crippen LogP contribution in [0.4, 0.5) is 0 Å². The first kappa shape index (κ1) is 9.93. The average Bonchev–Trinajstić information content (AvgIpc) is 2.03. The van der Waals surface area contributed by atoms with E-state index in [2.05, 4.69) is 11.6 Å². The summed E-state index contributed by atoms with van der Waals surface area (Å²) >= 11 is 0. The maximum absolute atomic E-state index is 5.98. The Kier molecular flexibility index (Phi) is 3.20. The molecule has 1 heterocycles. The van der Waals surface area contributed by atoms with Crippen molar-refractivity contribution < 1.29 is 0 Å². The third-order valence-corrected chi connectivity index (χ3v) is 1.92. The van der Waals surface area contributed by atoms with E-state index in [0.29, 0.717) is 0 Å². The fourth-order valence-corrected chi connectivity index (χ4v) is 1.29. The van der Waals surface area contributed by atoms with Crippen molar-refractivity contribution in [1.82, 2.24) is 4.98 Å². The fourth-order valence-electron chi connectivity index (χ4n) is 1.29. The number of hydrogen-bond acceptors (Lipinski definition) is 2. The summed E-state index contributed by atoms with van der Waals surface area (Å²) in [5.74, 6) is 0. The van der Waals surface area contributed by atoms with Crippen LogP contribution < -0.4 is 5.73 Å². The molecule has 0 aliphatic carbocycles. The van der Waals surface area contributed by atoms with Gasteiger partial charge in [0.15, 0.2) is 0 Å². The molecule has 70 valence electrons. The highest BCUT2D eigenvalue weighted by molar-refractivity contribution is 5.20. The standard InChI is InChI=1S/C11H16N2/c1-8(2)6-11(12)10-4-5-13-9(3)7-10/h4-5,7,11H,1,6,12H2,2-3H3/t11-/m1/s1. The number of hydrogen-bond donors (Lipinski definition) is 1. The van der Waals surface area contributed by atoms with Gasteiger partial charge in [-0.25, -0.2) is 0 Å². The zero-order chi connectivity index (χ0) is 9.84. The Balaban J connectivity index is 2.76. The molecule has 0 aliphatic heterocycles. The number of aryl methyl sites for hydroxylation is 1. The SMILES string of the molecule is C=C(C)C[C@@H](N)c1ccnc(C)c1. The summed E-state index contributed by atoms with van der Waals surface area (Å²) in [5.41, 5.74) is 9.23. The smallest absolute Gasteiger partial charge is 0.0375 e. The maximum Gasteiger partial charge on any atom is 0.0375 e. The molecule has 0 bridgehead atoms. The van der Waals surface area contributed by atoms with E-state index in [1.54, 1.807) is 6.20 Å². The molecule has 1 atom stereocenters. The monoisotopic (exact) mass is 176 g/mol. The molecule has 0 spiro atoms. The van der Waals surface area contributed by atoms with Gasteiger partial charge in [0.2, 0.25) is 0 Å². The topological polar surface area (TPSA) is 38.9 Å². The Labute approximate surface area is 79.5 Å². The number of aromatic nitrogens is 1. The van der Waals surface area contributed by atoms with Gasteiger partial charge in [0.1, 0.15) is 0 Å². The van der Waals surface area contributed by atoms with Crippen molar-refractivity contribution in [2.24, 2.45) is 5.73 Å². The summed E-state index contributed by atoms with van der Waals surface area (Å²) in [5, 5.41) is 0. The van der Waals surface area contributed by atoms with Crippen molar-refractivity contribution in [3.63, 3.8) is 0 Å². The van der Waals surface area contributed by atoms with E-state index >= 15 is 0 Å². The molecule has 0 radical (unpaired) electrons. The van der Waals surface area contributed by atoms with Gasteiger partial charge in [0.05, 0.1) is 0 Å². The van der Waals surface area contributed by atoms with E-state index in [1.165, 1.54) is 0 Å². The van der Waals surface area contributed by atoms with Crippen LogP contribution in [0, 0.1) is 6.92 Å². The van der Waals surface area contributed by atoms with Gasteiger partial charge in [-0.2, -0.15) is 0 Å². The zero-order valence-electron chi connectivity index (χ0n) is 8.25. The normalized spacial score (nSPS) is 12.5. The average molecular weight is 176 g/mol. The highest BCUT2D eigenvalue weighted by atomic mass is 14.7. The van der Waals surface area contributed by atoms with E-state index < -0.39 is 0 Å². The van der Waals surface area contributed by atoms with E-state index in [9.17, 15) is 0 Å². The number of nitrogens with two attached hydrogens (primary N) is 1. The van der Waals surface area contributed by atoms with E-state index in [4.69, 9.17) is 5.73 Å². The number of rotatable bonds is 3. The summed E-state index contributed by atoms with van der Waals surface area (Å²) in [6.45, 7) is 7.81. The summed E-state index contributed by atoms with van der Waals surface area (Å²) in [7, 11) is 0. The van der Waals surface area contributed by atoms with Crippen LogP contribution in [0.5, 0.6) is 0 Å². The minimum Gasteiger partial charge on any atom is -0.324 e. The van der Waals surface area contributed by atoms with Gasteiger partial charge < -0.3 is 5.73 Å². The van der Waals surface area contributed by atoms with Crippen LogP contribution in [0.25, 0.3) is 0 Å². The molecule has 1 aromatic rings. The minimum atomic E-state index is 0.0548. The molecular weight excluding hydrogens is 160 g/mol. The highest BCUT2D eigenvalue weighted by Crippen LogP contribution is 2.17. The van der Waals surface area contributed by atoms with Crippen LogP contribution in [0.1, 0.15) is 30.6 Å². The molecule has 0 aromatic carbocycles. The van der Waals surface area contributed by atoms with Gasteiger partial charge >= 0.3 is 0 Å². The minimum absolute atomic E-state index is 0.0548. The molecule has 1 rings (SSSR count). The summed E-state index contributed by atoms with van der Waals surface area (Å²) in [4.78, 5) is 4.12. The number of nitrogens with zero attached hydrogens (tertiary/aromatic N) is 1. The Hall–Kier alpha value is -1.15. The first-order valence-corrected chi connectivity index (χ1v) is 4.42. The lowest BCUT2D eigenvalue weighted by Gasteiger charge is -2.11. The van der Waals surface area contributed by atoms with Gasteiger partial charge in [-0.3, -0.25) is 4.98 Å². The molecule has 2 N–H and O–H groups in total. The molecule has 0 saturated heterocycles. The van der Waals surface area contributed by atoms with Gasteiger partial charge in [-0.15, -0.1) is 6.58 Å². The molecule has 0 saturated carbocycles. The van der Waals surface area contributed by atoms with E-state index in [-0.39, 0.29) is 6.04 Å². The van der Waals surface area contributed by atoms with Gasteiger partial charge in [-0.1, -0.05) is 5.57 Å². The van der Waals surface area contributed by atoms with Crippen LogP contribution in [0.15, 0.2) is 30.5 Å². The van der Waals surface area contributed by atoms with Crippen LogP contribution in [-0.4, -0.2) is 4.98 Å². The molecule has 13 heavy (non-hydrogen) atoms. The lowest BCUT2D eigenvalue weighted by Crippen LogP contribution is -2.10. The van der Waals surface area contributed by atoms with Gasteiger partial charge in [-0.05, 0) is 38.0 Å². The molecule has 0 unspecified atom stereocenters. The second-order valence-electron chi connectivity index (χ2n) is 3.50. The largest absolute Gasteiger partial charge is 0.324 e. The summed E-state index contributed by atoms with van der Waals surface area (Å²) in [6, 6.07) is 4.04. The highest BCUT2D eigenvalue weighted by Gasteiger charge is 2.05. The lowest BCUT2D eigenvalue weighted by molar-refractivity contribution is 0.714. The van der Waals surface area contributed by atoms with Gasteiger partial charge in [0.25, 0.3) is 0 Å². The Morgan fingerprint density at radius 1 is 1.69 bits per heavy atom. The van der Waals surface area contributed by atoms with Crippen molar-refractivity contribution in [1.29, 1.82) is 0 Å². The van der Waals surface area contributed by atoms with Crippen molar-refractivity contribution in [2.75, 3.05) is 0 Å². The second-order valence-corrected chi connectivity index (χ2v) is 3.50. The predicted octanol–water partition coefficient (Wildman–Crippen LogP) is 2.36. The molecule has 0 aliphatic rings. The Morgan fingerprint density at radius 2 is 2.38 bits per heavy atom. The molecule has 1 aromatic heterocycles. The van der Waals surface area contributed by atoms with Crippen LogP contribution in [-0.2, 0) is 0 Å². The molecule has 0 fully saturated rings. The molecule has 0 amide bonds. The third-order valence-electron chi connectivity index (χ3n) is 1.92. The number of pyridine rings is 1. The summed E-state index contributed by atoms with van der Waals surface area (Å²) < 4.78 is 0. The quantitative estimate of drug-likeness (QED) is 0.718. The summed E-state index contributed by atoms with van der Waals surface area (Å²) in [6.07, 6.45) is 2.63. The van der Waals surface area contributed by atoms with Crippen molar-refractivity contribution >= 4 is 0 Å². The third kappa shape index (κ3) is 2.99.